The molecule has 2 aromatic rings. The third-order valence-electron chi connectivity index (χ3n) is 3.08. The van der Waals surface area contributed by atoms with Crippen LogP contribution in [0.2, 0.25) is 0 Å². The van der Waals surface area contributed by atoms with Gasteiger partial charge in [-0.1, -0.05) is 22.0 Å². The summed E-state index contributed by atoms with van der Waals surface area (Å²) in [7, 11) is 0. The van der Waals surface area contributed by atoms with E-state index in [9.17, 15) is 13.2 Å². The van der Waals surface area contributed by atoms with Crippen molar-refractivity contribution >= 4 is 31.9 Å². The molecule has 0 fully saturated rings. The van der Waals surface area contributed by atoms with E-state index in [1.165, 1.54) is 12.3 Å². The highest BCUT2D eigenvalue weighted by Gasteiger charge is 2.36. The van der Waals surface area contributed by atoms with Gasteiger partial charge < -0.3 is 5.73 Å². The SMILES string of the molecule is CCn1ncc(Br)c1C(N)c1ccc(Br)cc1C(F)(F)F. The van der Waals surface area contributed by atoms with Gasteiger partial charge in [-0.15, -0.1) is 0 Å². The summed E-state index contributed by atoms with van der Waals surface area (Å²) >= 11 is 6.35. The topological polar surface area (TPSA) is 43.8 Å². The highest BCUT2D eigenvalue weighted by Crippen LogP contribution is 2.38. The minimum atomic E-state index is -4.47. The molecule has 1 aromatic carbocycles. The van der Waals surface area contributed by atoms with E-state index in [4.69, 9.17) is 5.73 Å². The monoisotopic (exact) mass is 425 g/mol. The molecule has 2 rings (SSSR count). The van der Waals surface area contributed by atoms with E-state index in [0.717, 1.165) is 6.07 Å². The van der Waals surface area contributed by atoms with E-state index in [0.29, 0.717) is 21.2 Å². The molecule has 8 heteroatoms. The normalized spacial score (nSPS) is 13.5. The lowest BCUT2D eigenvalue weighted by Gasteiger charge is -2.20. The maximum atomic E-state index is 13.2. The van der Waals surface area contributed by atoms with Crippen molar-refractivity contribution in [3.63, 3.8) is 0 Å². The van der Waals surface area contributed by atoms with Gasteiger partial charge in [0.25, 0.3) is 0 Å². The quantitative estimate of drug-likeness (QED) is 0.785. The van der Waals surface area contributed by atoms with Crippen LogP contribution in [0.25, 0.3) is 0 Å². The Balaban J connectivity index is 2.58. The van der Waals surface area contributed by atoms with Gasteiger partial charge in [0.1, 0.15) is 0 Å². The average molecular weight is 427 g/mol. The van der Waals surface area contributed by atoms with Crippen molar-refractivity contribution in [1.82, 2.24) is 9.78 Å². The summed E-state index contributed by atoms with van der Waals surface area (Å²) in [4.78, 5) is 0. The Kier molecular flexibility index (Phi) is 4.79. The van der Waals surface area contributed by atoms with Crippen LogP contribution in [0, 0.1) is 0 Å². The first-order valence-corrected chi connectivity index (χ1v) is 7.67. The molecule has 114 valence electrons. The number of hydrogen-bond donors (Lipinski definition) is 1. The minimum absolute atomic E-state index is 0.0154. The summed E-state index contributed by atoms with van der Waals surface area (Å²) in [6.07, 6.45) is -2.94. The molecule has 21 heavy (non-hydrogen) atoms. The molecule has 0 amide bonds. The van der Waals surface area contributed by atoms with Crippen molar-refractivity contribution in [2.24, 2.45) is 5.73 Å². The van der Waals surface area contributed by atoms with E-state index in [1.807, 2.05) is 6.92 Å². The lowest BCUT2D eigenvalue weighted by molar-refractivity contribution is -0.138. The van der Waals surface area contributed by atoms with Crippen molar-refractivity contribution in [2.45, 2.75) is 25.7 Å². The summed E-state index contributed by atoms with van der Waals surface area (Å²) in [5.41, 5.74) is 5.86. The first-order chi connectivity index (χ1) is 9.75. The molecule has 2 N–H and O–H groups in total. The van der Waals surface area contributed by atoms with Gasteiger partial charge >= 0.3 is 6.18 Å². The zero-order chi connectivity index (χ0) is 15.8. The number of alkyl halides is 3. The Labute approximate surface area is 136 Å². The lowest BCUT2D eigenvalue weighted by Crippen LogP contribution is -2.21. The lowest BCUT2D eigenvalue weighted by atomic mass is 9.98. The second-order valence-electron chi connectivity index (χ2n) is 4.40. The smallest absolute Gasteiger partial charge is 0.319 e. The van der Waals surface area contributed by atoms with Gasteiger partial charge in [-0.25, -0.2) is 0 Å². The number of hydrogen-bond acceptors (Lipinski definition) is 2. The molecule has 1 heterocycles. The molecular formula is C13H12Br2F3N3. The molecule has 1 aromatic heterocycles. The Morgan fingerprint density at radius 2 is 2.00 bits per heavy atom. The van der Waals surface area contributed by atoms with Crippen LogP contribution in [-0.4, -0.2) is 9.78 Å². The molecule has 0 saturated carbocycles. The number of nitrogens with zero attached hydrogens (tertiary/aromatic N) is 2. The zero-order valence-electron chi connectivity index (χ0n) is 11.0. The molecule has 3 nitrogen and oxygen atoms in total. The molecule has 0 bridgehead atoms. The van der Waals surface area contributed by atoms with E-state index in [2.05, 4.69) is 37.0 Å². The number of halogens is 5. The molecule has 0 saturated heterocycles. The predicted octanol–water partition coefficient (Wildman–Crippen LogP) is 4.49. The van der Waals surface area contributed by atoms with Crippen LogP contribution in [0.15, 0.2) is 33.3 Å². The van der Waals surface area contributed by atoms with Crippen LogP contribution >= 0.6 is 31.9 Å². The van der Waals surface area contributed by atoms with Gasteiger partial charge in [0.05, 0.1) is 28.0 Å². The van der Waals surface area contributed by atoms with Crippen molar-refractivity contribution < 1.29 is 13.2 Å². The molecule has 1 atom stereocenters. The highest BCUT2D eigenvalue weighted by molar-refractivity contribution is 9.10. The summed E-state index contributed by atoms with van der Waals surface area (Å²) in [5, 5.41) is 4.09. The highest BCUT2D eigenvalue weighted by atomic mass is 79.9. The van der Waals surface area contributed by atoms with Crippen molar-refractivity contribution in [1.29, 1.82) is 0 Å². The van der Waals surface area contributed by atoms with Crippen LogP contribution in [0.5, 0.6) is 0 Å². The molecular weight excluding hydrogens is 415 g/mol. The Morgan fingerprint density at radius 1 is 1.33 bits per heavy atom. The molecule has 1 unspecified atom stereocenters. The van der Waals surface area contributed by atoms with Crippen LogP contribution in [0.4, 0.5) is 13.2 Å². The van der Waals surface area contributed by atoms with Gasteiger partial charge in [-0.05, 0) is 40.5 Å². The van der Waals surface area contributed by atoms with Gasteiger partial charge in [-0.2, -0.15) is 18.3 Å². The van der Waals surface area contributed by atoms with Gasteiger partial charge in [-0.3, -0.25) is 4.68 Å². The number of nitrogens with two attached hydrogens (primary N) is 1. The second-order valence-corrected chi connectivity index (χ2v) is 6.17. The van der Waals surface area contributed by atoms with E-state index in [1.54, 1.807) is 10.7 Å². The van der Waals surface area contributed by atoms with Crippen molar-refractivity contribution in [3.05, 3.63) is 50.2 Å². The van der Waals surface area contributed by atoms with Crippen LogP contribution in [-0.2, 0) is 12.7 Å². The summed E-state index contributed by atoms with van der Waals surface area (Å²) in [6, 6.07) is 3.05. The van der Waals surface area contributed by atoms with Crippen molar-refractivity contribution in [3.8, 4) is 0 Å². The first kappa shape index (κ1) is 16.5. The fourth-order valence-electron chi connectivity index (χ4n) is 2.13. The number of aromatic nitrogens is 2. The first-order valence-electron chi connectivity index (χ1n) is 6.09. The van der Waals surface area contributed by atoms with E-state index >= 15 is 0 Å². The fourth-order valence-corrected chi connectivity index (χ4v) is 3.03. The van der Waals surface area contributed by atoms with Gasteiger partial charge in [0.15, 0.2) is 0 Å². The number of aryl methyl sites for hydroxylation is 1. The predicted molar refractivity (Wildman–Crippen MR) is 80.8 cm³/mol. The van der Waals surface area contributed by atoms with E-state index in [-0.39, 0.29) is 5.56 Å². The second kappa shape index (κ2) is 6.10. The summed E-state index contributed by atoms with van der Waals surface area (Å²) < 4.78 is 42.1. The third-order valence-corrected chi connectivity index (χ3v) is 4.19. The van der Waals surface area contributed by atoms with Gasteiger partial charge in [0, 0.05) is 11.0 Å². The summed E-state index contributed by atoms with van der Waals surface area (Å²) in [5.74, 6) is 0. The summed E-state index contributed by atoms with van der Waals surface area (Å²) in [6.45, 7) is 2.37. The third kappa shape index (κ3) is 3.32. The van der Waals surface area contributed by atoms with Crippen LogP contribution in [0.3, 0.4) is 0 Å². The average Bonchev–Trinajstić information content (AvgIpc) is 2.78. The largest absolute Gasteiger partial charge is 0.416 e. The Morgan fingerprint density at radius 3 is 2.57 bits per heavy atom. The van der Waals surface area contributed by atoms with Gasteiger partial charge in [0.2, 0.25) is 0 Å². The number of benzene rings is 1. The molecule has 0 aliphatic rings. The molecule has 0 aliphatic heterocycles. The Bertz CT molecular complexity index is 653. The zero-order valence-corrected chi connectivity index (χ0v) is 14.1. The van der Waals surface area contributed by atoms with Crippen molar-refractivity contribution in [2.75, 3.05) is 0 Å². The maximum Gasteiger partial charge on any atom is 0.416 e. The maximum absolute atomic E-state index is 13.2. The standard InChI is InChI=1S/C13H12Br2F3N3/c1-2-21-12(10(15)6-20-21)11(19)8-4-3-7(14)5-9(8)13(16,17)18/h3-6,11H,2,19H2,1H3. The van der Waals surface area contributed by atoms with Crippen LogP contribution < -0.4 is 5.73 Å². The number of rotatable bonds is 3. The molecule has 0 aliphatic carbocycles. The molecule has 0 radical (unpaired) electrons. The van der Waals surface area contributed by atoms with E-state index < -0.39 is 17.8 Å². The van der Waals surface area contributed by atoms with Crippen LogP contribution in [0.1, 0.15) is 29.8 Å². The molecule has 0 spiro atoms. The Hall–Kier alpha value is -0.860. The minimum Gasteiger partial charge on any atom is -0.319 e. The fraction of sp³-hybridized carbons (Fsp3) is 0.308.